The summed E-state index contributed by atoms with van der Waals surface area (Å²) in [6, 6.07) is 8.65. The van der Waals surface area contributed by atoms with Crippen LogP contribution in [0, 0.1) is 6.92 Å². The minimum Gasteiger partial charge on any atom is -0.336 e. The Kier molecular flexibility index (Phi) is 6.32. The van der Waals surface area contributed by atoms with E-state index in [-0.39, 0.29) is 24.4 Å². The second-order valence-corrected chi connectivity index (χ2v) is 4.99. The molecule has 0 saturated carbocycles. The van der Waals surface area contributed by atoms with Gasteiger partial charge in [0.05, 0.1) is 6.04 Å². The molecule has 1 aliphatic rings. The number of hydrogen-bond donors (Lipinski definition) is 1. The fourth-order valence-electron chi connectivity index (χ4n) is 2.75. The van der Waals surface area contributed by atoms with Crippen LogP contribution < -0.4 is 5.73 Å². The van der Waals surface area contributed by atoms with Crippen molar-refractivity contribution in [3.8, 4) is 0 Å². The molecular weight excluding hydrogens is 260 g/mol. The summed E-state index contributed by atoms with van der Waals surface area (Å²) in [5.74, 6) is 0.256. The van der Waals surface area contributed by atoms with E-state index < -0.39 is 0 Å². The average molecular weight is 283 g/mol. The van der Waals surface area contributed by atoms with E-state index in [4.69, 9.17) is 5.73 Å². The maximum Gasteiger partial charge on any atom is 0.223 e. The quantitative estimate of drug-likeness (QED) is 0.923. The number of nitrogens with zero attached hydrogens (tertiary/aromatic N) is 1. The van der Waals surface area contributed by atoms with Crippen molar-refractivity contribution in [2.24, 2.45) is 5.73 Å². The molecule has 2 rings (SSSR count). The zero-order valence-corrected chi connectivity index (χ0v) is 12.3. The molecule has 19 heavy (non-hydrogen) atoms. The standard InChI is InChI=1S/C15H22N2O.ClH/c1-12-6-2-3-7-13(12)14-8-5-11-17(14)15(18)9-4-10-16;/h2-3,6-7,14H,4-5,8-11,16H2,1H3;1H. The van der Waals surface area contributed by atoms with Crippen molar-refractivity contribution in [2.45, 2.75) is 38.6 Å². The molecule has 1 amide bonds. The van der Waals surface area contributed by atoms with Crippen LogP contribution in [-0.2, 0) is 4.79 Å². The summed E-state index contributed by atoms with van der Waals surface area (Å²) in [5.41, 5.74) is 8.06. The summed E-state index contributed by atoms with van der Waals surface area (Å²) >= 11 is 0. The molecule has 3 nitrogen and oxygen atoms in total. The highest BCUT2D eigenvalue weighted by molar-refractivity contribution is 5.85. The first kappa shape index (κ1) is 16.0. The highest BCUT2D eigenvalue weighted by Crippen LogP contribution is 2.34. The lowest BCUT2D eigenvalue weighted by Gasteiger charge is -2.26. The largest absolute Gasteiger partial charge is 0.336 e. The number of likely N-dealkylation sites (tertiary alicyclic amines) is 1. The number of nitrogens with two attached hydrogens (primary N) is 1. The molecule has 2 N–H and O–H groups in total. The van der Waals surface area contributed by atoms with Crippen LogP contribution in [0.15, 0.2) is 24.3 Å². The van der Waals surface area contributed by atoms with Gasteiger partial charge in [0.2, 0.25) is 5.91 Å². The summed E-state index contributed by atoms with van der Waals surface area (Å²) in [6.45, 7) is 3.60. The molecule has 1 aromatic carbocycles. The summed E-state index contributed by atoms with van der Waals surface area (Å²) in [5, 5.41) is 0. The third-order valence-electron chi connectivity index (χ3n) is 3.72. The van der Waals surface area contributed by atoms with E-state index in [0.29, 0.717) is 13.0 Å². The van der Waals surface area contributed by atoms with E-state index in [0.717, 1.165) is 25.8 Å². The highest BCUT2D eigenvalue weighted by atomic mass is 35.5. The van der Waals surface area contributed by atoms with Crippen LogP contribution in [0.4, 0.5) is 0 Å². The Morgan fingerprint density at radius 2 is 2.16 bits per heavy atom. The molecule has 1 fully saturated rings. The maximum atomic E-state index is 12.2. The zero-order valence-electron chi connectivity index (χ0n) is 11.5. The van der Waals surface area contributed by atoms with Gasteiger partial charge in [-0.1, -0.05) is 24.3 Å². The lowest BCUT2D eigenvalue weighted by molar-refractivity contribution is -0.132. The van der Waals surface area contributed by atoms with Gasteiger partial charge in [0.15, 0.2) is 0 Å². The van der Waals surface area contributed by atoms with E-state index in [1.54, 1.807) is 0 Å². The van der Waals surface area contributed by atoms with E-state index >= 15 is 0 Å². The smallest absolute Gasteiger partial charge is 0.223 e. The monoisotopic (exact) mass is 282 g/mol. The molecule has 1 heterocycles. The number of carbonyl (C=O) groups excluding carboxylic acids is 1. The van der Waals surface area contributed by atoms with Gasteiger partial charge in [-0.2, -0.15) is 0 Å². The van der Waals surface area contributed by atoms with Crippen molar-refractivity contribution in [1.29, 1.82) is 0 Å². The van der Waals surface area contributed by atoms with Crippen LogP contribution in [0.3, 0.4) is 0 Å². The molecule has 0 aliphatic carbocycles. The fraction of sp³-hybridized carbons (Fsp3) is 0.533. The number of amides is 1. The van der Waals surface area contributed by atoms with E-state index in [9.17, 15) is 4.79 Å². The summed E-state index contributed by atoms with van der Waals surface area (Å²) < 4.78 is 0. The zero-order chi connectivity index (χ0) is 13.0. The third kappa shape index (κ3) is 3.71. The lowest BCUT2D eigenvalue weighted by atomic mass is 9.99. The normalized spacial score (nSPS) is 18.2. The number of carbonyl (C=O) groups is 1. The van der Waals surface area contributed by atoms with Crippen molar-refractivity contribution in [1.82, 2.24) is 4.90 Å². The van der Waals surface area contributed by atoms with Crippen LogP contribution in [0.1, 0.15) is 42.9 Å². The Hall–Kier alpha value is -1.06. The van der Waals surface area contributed by atoms with Gasteiger partial charge in [-0.05, 0) is 43.9 Å². The SMILES string of the molecule is Cc1ccccc1C1CCCN1C(=O)CCCN.Cl. The third-order valence-corrected chi connectivity index (χ3v) is 3.72. The first-order valence-corrected chi connectivity index (χ1v) is 6.79. The second kappa shape index (κ2) is 7.51. The average Bonchev–Trinajstić information content (AvgIpc) is 2.85. The van der Waals surface area contributed by atoms with Crippen molar-refractivity contribution in [3.63, 3.8) is 0 Å². The van der Waals surface area contributed by atoms with Crippen molar-refractivity contribution >= 4 is 18.3 Å². The Labute approximate surface area is 121 Å². The van der Waals surface area contributed by atoms with Crippen LogP contribution in [0.2, 0.25) is 0 Å². The fourth-order valence-corrected chi connectivity index (χ4v) is 2.75. The molecule has 0 bridgehead atoms. The van der Waals surface area contributed by atoms with Gasteiger partial charge in [0, 0.05) is 13.0 Å². The van der Waals surface area contributed by atoms with Gasteiger partial charge in [-0.3, -0.25) is 4.79 Å². The van der Waals surface area contributed by atoms with E-state index in [1.807, 2.05) is 11.0 Å². The molecule has 0 radical (unpaired) electrons. The highest BCUT2D eigenvalue weighted by Gasteiger charge is 2.29. The molecule has 0 aromatic heterocycles. The predicted octanol–water partition coefficient (Wildman–Crippen LogP) is 2.82. The minimum atomic E-state index is 0. The molecule has 1 aliphatic heterocycles. The van der Waals surface area contributed by atoms with Crippen LogP contribution in [0.25, 0.3) is 0 Å². The Morgan fingerprint density at radius 3 is 2.84 bits per heavy atom. The van der Waals surface area contributed by atoms with Gasteiger partial charge in [-0.25, -0.2) is 0 Å². The predicted molar refractivity (Wildman–Crippen MR) is 80.4 cm³/mol. The molecule has 1 unspecified atom stereocenters. The summed E-state index contributed by atoms with van der Waals surface area (Å²) in [7, 11) is 0. The van der Waals surface area contributed by atoms with Gasteiger partial charge in [0.25, 0.3) is 0 Å². The molecular formula is C15H23ClN2O. The number of halogens is 1. The van der Waals surface area contributed by atoms with Gasteiger partial charge < -0.3 is 10.6 Å². The molecule has 106 valence electrons. The summed E-state index contributed by atoms with van der Waals surface area (Å²) in [4.78, 5) is 14.2. The maximum absolute atomic E-state index is 12.2. The molecule has 1 aromatic rings. The second-order valence-electron chi connectivity index (χ2n) is 4.99. The van der Waals surface area contributed by atoms with Gasteiger partial charge in [-0.15, -0.1) is 12.4 Å². The van der Waals surface area contributed by atoms with Crippen molar-refractivity contribution < 1.29 is 4.79 Å². The van der Waals surface area contributed by atoms with E-state index in [1.165, 1.54) is 11.1 Å². The van der Waals surface area contributed by atoms with Crippen LogP contribution in [-0.4, -0.2) is 23.9 Å². The lowest BCUT2D eigenvalue weighted by Crippen LogP contribution is -2.31. The molecule has 1 atom stereocenters. The Balaban J connectivity index is 0.00000180. The van der Waals surface area contributed by atoms with Crippen molar-refractivity contribution in [3.05, 3.63) is 35.4 Å². The number of rotatable bonds is 4. The van der Waals surface area contributed by atoms with Crippen LogP contribution in [0.5, 0.6) is 0 Å². The first-order chi connectivity index (χ1) is 8.74. The first-order valence-electron chi connectivity index (χ1n) is 6.79. The van der Waals surface area contributed by atoms with Gasteiger partial charge in [0.1, 0.15) is 0 Å². The molecule has 0 spiro atoms. The van der Waals surface area contributed by atoms with E-state index in [2.05, 4.69) is 25.1 Å². The van der Waals surface area contributed by atoms with Crippen LogP contribution >= 0.6 is 12.4 Å². The number of aryl methyl sites for hydroxylation is 1. The molecule has 1 saturated heterocycles. The minimum absolute atomic E-state index is 0. The topological polar surface area (TPSA) is 46.3 Å². The molecule has 4 heteroatoms. The summed E-state index contributed by atoms with van der Waals surface area (Å²) in [6.07, 6.45) is 3.56. The Bertz CT molecular complexity index is 422. The number of benzene rings is 1. The van der Waals surface area contributed by atoms with Crippen molar-refractivity contribution in [2.75, 3.05) is 13.1 Å². The number of hydrogen-bond acceptors (Lipinski definition) is 2. The Morgan fingerprint density at radius 1 is 1.42 bits per heavy atom. The van der Waals surface area contributed by atoms with Gasteiger partial charge >= 0.3 is 0 Å².